The highest BCUT2D eigenvalue weighted by molar-refractivity contribution is 7.89. The summed E-state index contributed by atoms with van der Waals surface area (Å²) in [6.07, 6.45) is 1.68. The lowest BCUT2D eigenvalue weighted by molar-refractivity contribution is 0.581. The second-order valence-electron chi connectivity index (χ2n) is 4.39. The van der Waals surface area contributed by atoms with Crippen molar-refractivity contribution < 1.29 is 8.42 Å². The van der Waals surface area contributed by atoms with Crippen molar-refractivity contribution in [3.63, 3.8) is 0 Å². The van der Waals surface area contributed by atoms with Gasteiger partial charge in [-0.15, -0.1) is 11.3 Å². The van der Waals surface area contributed by atoms with E-state index in [1.165, 1.54) is 11.3 Å². The Bertz CT molecular complexity index is 645. The SMILES string of the molecule is CCn1cc(S(=O)(=O)NCc2cccs2)cc1CNC. The van der Waals surface area contributed by atoms with Crippen LogP contribution in [0.4, 0.5) is 0 Å². The molecule has 0 fully saturated rings. The summed E-state index contributed by atoms with van der Waals surface area (Å²) in [4.78, 5) is 1.32. The molecule has 0 atom stereocenters. The van der Waals surface area contributed by atoms with Crippen molar-refractivity contribution >= 4 is 21.4 Å². The first-order valence-electron chi connectivity index (χ1n) is 6.42. The number of hydrogen-bond acceptors (Lipinski definition) is 4. The van der Waals surface area contributed by atoms with E-state index in [-0.39, 0.29) is 0 Å². The Balaban J connectivity index is 2.16. The summed E-state index contributed by atoms with van der Waals surface area (Å²) >= 11 is 1.54. The number of aryl methyl sites for hydroxylation is 1. The summed E-state index contributed by atoms with van der Waals surface area (Å²) in [6.45, 7) is 3.72. The Morgan fingerprint density at radius 1 is 1.35 bits per heavy atom. The van der Waals surface area contributed by atoms with Gasteiger partial charge in [0.05, 0.1) is 4.90 Å². The summed E-state index contributed by atoms with van der Waals surface area (Å²) in [5.74, 6) is 0. The molecule has 0 unspecified atom stereocenters. The van der Waals surface area contributed by atoms with Crippen molar-refractivity contribution in [3.8, 4) is 0 Å². The van der Waals surface area contributed by atoms with Crippen LogP contribution in [-0.4, -0.2) is 20.0 Å². The summed E-state index contributed by atoms with van der Waals surface area (Å²) in [7, 11) is -1.61. The zero-order valence-electron chi connectivity index (χ0n) is 11.6. The third-order valence-electron chi connectivity index (χ3n) is 2.99. The standard InChI is InChI=1S/C13H19N3O2S2/c1-3-16-10-13(7-11(16)8-14-2)20(17,18)15-9-12-5-4-6-19-12/h4-7,10,14-15H,3,8-9H2,1-2H3. The molecule has 110 valence electrons. The van der Waals surface area contributed by atoms with Crippen LogP contribution >= 0.6 is 11.3 Å². The lowest BCUT2D eigenvalue weighted by Crippen LogP contribution is -2.22. The number of rotatable bonds is 7. The fourth-order valence-corrected chi connectivity index (χ4v) is 3.76. The van der Waals surface area contributed by atoms with E-state index in [1.54, 1.807) is 12.3 Å². The highest BCUT2D eigenvalue weighted by atomic mass is 32.2. The molecule has 5 nitrogen and oxygen atoms in total. The van der Waals surface area contributed by atoms with Gasteiger partial charge in [0.25, 0.3) is 0 Å². The lowest BCUT2D eigenvalue weighted by atomic mass is 10.4. The second-order valence-corrected chi connectivity index (χ2v) is 7.19. The molecule has 0 bridgehead atoms. The van der Waals surface area contributed by atoms with Gasteiger partial charge in [0, 0.05) is 36.4 Å². The second kappa shape index (κ2) is 6.53. The zero-order chi connectivity index (χ0) is 14.6. The molecule has 0 aliphatic heterocycles. The van der Waals surface area contributed by atoms with Crippen molar-refractivity contribution in [2.75, 3.05) is 7.05 Å². The summed E-state index contributed by atoms with van der Waals surface area (Å²) in [5, 5.41) is 4.98. The first kappa shape index (κ1) is 15.2. The van der Waals surface area contributed by atoms with Gasteiger partial charge >= 0.3 is 0 Å². The third kappa shape index (κ3) is 3.49. The van der Waals surface area contributed by atoms with Gasteiger partial charge < -0.3 is 9.88 Å². The predicted molar refractivity (Wildman–Crippen MR) is 81.2 cm³/mol. The van der Waals surface area contributed by atoms with Gasteiger partial charge in [-0.2, -0.15) is 0 Å². The quantitative estimate of drug-likeness (QED) is 0.819. The molecule has 0 aliphatic carbocycles. The summed E-state index contributed by atoms with van der Waals surface area (Å²) in [5.41, 5.74) is 0.964. The van der Waals surface area contributed by atoms with E-state index in [2.05, 4.69) is 10.0 Å². The Morgan fingerprint density at radius 2 is 2.15 bits per heavy atom. The molecule has 2 rings (SSSR count). The predicted octanol–water partition coefficient (Wildman–Crippen LogP) is 1.77. The van der Waals surface area contributed by atoms with Crippen LogP contribution in [0.3, 0.4) is 0 Å². The van der Waals surface area contributed by atoms with Crippen LogP contribution in [0.2, 0.25) is 0 Å². The average molecular weight is 313 g/mol. The van der Waals surface area contributed by atoms with E-state index in [4.69, 9.17) is 0 Å². The maximum absolute atomic E-state index is 12.3. The monoisotopic (exact) mass is 313 g/mol. The largest absolute Gasteiger partial charge is 0.349 e. The summed E-state index contributed by atoms with van der Waals surface area (Å²) in [6, 6.07) is 5.54. The molecule has 2 heterocycles. The van der Waals surface area contributed by atoms with Gasteiger partial charge in [0.2, 0.25) is 10.0 Å². The summed E-state index contributed by atoms with van der Waals surface area (Å²) < 4.78 is 29.1. The van der Waals surface area contributed by atoms with Crippen molar-refractivity contribution in [1.82, 2.24) is 14.6 Å². The fourth-order valence-electron chi connectivity index (χ4n) is 1.96. The van der Waals surface area contributed by atoms with Gasteiger partial charge in [-0.25, -0.2) is 13.1 Å². The normalized spacial score (nSPS) is 11.9. The van der Waals surface area contributed by atoms with Crippen LogP contribution < -0.4 is 10.0 Å². The molecule has 0 saturated carbocycles. The molecule has 0 aliphatic rings. The molecule has 2 N–H and O–H groups in total. The van der Waals surface area contributed by atoms with Gasteiger partial charge in [0.1, 0.15) is 0 Å². The van der Waals surface area contributed by atoms with Crippen molar-refractivity contribution in [1.29, 1.82) is 0 Å². The van der Waals surface area contributed by atoms with Gasteiger partial charge in [-0.05, 0) is 31.5 Å². The van der Waals surface area contributed by atoms with E-state index in [0.717, 1.165) is 17.1 Å². The van der Waals surface area contributed by atoms with Crippen LogP contribution in [-0.2, 0) is 29.7 Å². The van der Waals surface area contributed by atoms with Gasteiger partial charge in [-0.3, -0.25) is 0 Å². The number of nitrogens with one attached hydrogen (secondary N) is 2. The van der Waals surface area contributed by atoms with E-state index in [1.807, 2.05) is 36.1 Å². The Hall–Kier alpha value is -1.15. The minimum atomic E-state index is -3.46. The van der Waals surface area contributed by atoms with Crippen molar-refractivity contribution in [3.05, 3.63) is 40.3 Å². The van der Waals surface area contributed by atoms with Crippen molar-refractivity contribution in [2.45, 2.75) is 31.5 Å². The lowest BCUT2D eigenvalue weighted by Gasteiger charge is -2.04. The molecule has 2 aromatic rings. The minimum Gasteiger partial charge on any atom is -0.349 e. The fraction of sp³-hybridized carbons (Fsp3) is 0.385. The smallest absolute Gasteiger partial charge is 0.242 e. The van der Waals surface area contributed by atoms with Crippen LogP contribution in [0.25, 0.3) is 0 Å². The number of aromatic nitrogens is 1. The molecule has 7 heteroatoms. The van der Waals surface area contributed by atoms with E-state index in [9.17, 15) is 8.42 Å². The van der Waals surface area contributed by atoms with E-state index < -0.39 is 10.0 Å². The van der Waals surface area contributed by atoms with Gasteiger partial charge in [0.15, 0.2) is 0 Å². The third-order valence-corrected chi connectivity index (χ3v) is 5.23. The maximum Gasteiger partial charge on any atom is 0.242 e. The zero-order valence-corrected chi connectivity index (χ0v) is 13.2. The van der Waals surface area contributed by atoms with E-state index in [0.29, 0.717) is 18.0 Å². The Labute approximate surface area is 123 Å². The molecule has 20 heavy (non-hydrogen) atoms. The number of hydrogen-bond donors (Lipinski definition) is 2. The molecular weight excluding hydrogens is 294 g/mol. The molecule has 0 saturated heterocycles. The Morgan fingerprint density at radius 3 is 2.75 bits per heavy atom. The minimum absolute atomic E-state index is 0.321. The van der Waals surface area contributed by atoms with Crippen LogP contribution in [0, 0.1) is 0 Å². The molecule has 0 spiro atoms. The maximum atomic E-state index is 12.3. The first-order chi connectivity index (χ1) is 9.56. The molecule has 0 radical (unpaired) electrons. The highest BCUT2D eigenvalue weighted by Gasteiger charge is 2.17. The topological polar surface area (TPSA) is 63.1 Å². The molecule has 0 aromatic carbocycles. The van der Waals surface area contributed by atoms with Crippen molar-refractivity contribution in [2.24, 2.45) is 0 Å². The van der Waals surface area contributed by atoms with Gasteiger partial charge in [-0.1, -0.05) is 6.07 Å². The highest BCUT2D eigenvalue weighted by Crippen LogP contribution is 2.16. The Kier molecular flexibility index (Phi) is 4.98. The molecular formula is C13H19N3O2S2. The number of nitrogens with zero attached hydrogens (tertiary/aromatic N) is 1. The number of thiophene rings is 1. The first-order valence-corrected chi connectivity index (χ1v) is 8.78. The number of sulfonamides is 1. The molecule has 0 amide bonds. The van der Waals surface area contributed by atoms with E-state index >= 15 is 0 Å². The van der Waals surface area contributed by atoms with Crippen LogP contribution in [0.1, 0.15) is 17.5 Å². The van der Waals surface area contributed by atoms with Crippen LogP contribution in [0.15, 0.2) is 34.7 Å². The molecule has 2 aromatic heterocycles. The average Bonchev–Trinajstić information content (AvgIpc) is 3.06. The van der Waals surface area contributed by atoms with Crippen LogP contribution in [0.5, 0.6) is 0 Å².